The van der Waals surface area contributed by atoms with Gasteiger partial charge in [-0.05, 0) is 58.3 Å². The van der Waals surface area contributed by atoms with Gasteiger partial charge in [0.05, 0.1) is 0 Å². The first kappa shape index (κ1) is 10.4. The average Bonchev–Trinajstić information content (AvgIpc) is 2.95. The number of rotatable bonds is 3. The minimum Gasteiger partial charge on any atom is -0.314 e. The van der Waals surface area contributed by atoms with Crippen LogP contribution in [-0.4, -0.2) is 37.1 Å². The summed E-state index contributed by atoms with van der Waals surface area (Å²) in [5, 5.41) is 3.56. The maximum Gasteiger partial charge on any atom is 0.00509 e. The fourth-order valence-corrected chi connectivity index (χ4v) is 2.24. The first-order valence-corrected chi connectivity index (χ1v) is 6.30. The molecule has 0 amide bonds. The van der Waals surface area contributed by atoms with Crippen LogP contribution in [-0.2, 0) is 0 Å². The highest BCUT2D eigenvalue weighted by Crippen LogP contribution is 2.32. The Morgan fingerprint density at radius 3 is 2.86 bits per heavy atom. The second-order valence-electron chi connectivity index (χ2n) is 5.07. The lowest BCUT2D eigenvalue weighted by molar-refractivity contribution is 0.231. The van der Waals surface area contributed by atoms with E-state index >= 15 is 0 Å². The van der Waals surface area contributed by atoms with Crippen molar-refractivity contribution in [3.8, 4) is 0 Å². The van der Waals surface area contributed by atoms with Crippen LogP contribution in [0.15, 0.2) is 0 Å². The molecule has 2 nitrogen and oxygen atoms in total. The van der Waals surface area contributed by atoms with Crippen molar-refractivity contribution >= 4 is 0 Å². The number of hydrogen-bond donors (Lipinski definition) is 1. The lowest BCUT2D eigenvalue weighted by Crippen LogP contribution is -2.38. The quantitative estimate of drug-likeness (QED) is 0.741. The molecule has 0 aromatic carbocycles. The zero-order valence-corrected chi connectivity index (χ0v) is 9.47. The third-order valence-electron chi connectivity index (χ3n) is 3.57. The van der Waals surface area contributed by atoms with E-state index in [1.54, 1.807) is 0 Å². The van der Waals surface area contributed by atoms with Gasteiger partial charge in [0.2, 0.25) is 0 Å². The molecule has 1 aliphatic heterocycles. The fourth-order valence-electron chi connectivity index (χ4n) is 2.24. The third-order valence-corrected chi connectivity index (χ3v) is 3.57. The lowest BCUT2D eigenvalue weighted by Gasteiger charge is -2.27. The van der Waals surface area contributed by atoms with E-state index in [0.29, 0.717) is 0 Å². The van der Waals surface area contributed by atoms with Gasteiger partial charge in [-0.3, -0.25) is 0 Å². The minimum absolute atomic E-state index is 0.721. The summed E-state index contributed by atoms with van der Waals surface area (Å²) in [6.45, 7) is 7.50. The van der Waals surface area contributed by atoms with Gasteiger partial charge in [-0.15, -0.1) is 0 Å². The van der Waals surface area contributed by atoms with E-state index < -0.39 is 0 Å². The zero-order chi connectivity index (χ0) is 9.80. The SMILES string of the molecule is CC1CCN(CCC2CC2)CCCN1. The fraction of sp³-hybridized carbons (Fsp3) is 1.00. The topological polar surface area (TPSA) is 15.3 Å². The van der Waals surface area contributed by atoms with Gasteiger partial charge in [-0.2, -0.15) is 0 Å². The molecule has 2 fully saturated rings. The minimum atomic E-state index is 0.721. The van der Waals surface area contributed by atoms with Gasteiger partial charge < -0.3 is 10.2 Å². The molecule has 1 heterocycles. The molecule has 0 aromatic heterocycles. The molecule has 2 heteroatoms. The Labute approximate surface area is 88.1 Å². The normalized spacial score (nSPS) is 31.1. The summed E-state index contributed by atoms with van der Waals surface area (Å²) < 4.78 is 0. The van der Waals surface area contributed by atoms with Crippen LogP contribution >= 0.6 is 0 Å². The number of nitrogens with one attached hydrogen (secondary N) is 1. The van der Waals surface area contributed by atoms with Crippen molar-refractivity contribution in [2.45, 2.75) is 45.1 Å². The summed E-state index contributed by atoms with van der Waals surface area (Å²) in [4.78, 5) is 2.68. The Hall–Kier alpha value is -0.0800. The van der Waals surface area contributed by atoms with E-state index in [9.17, 15) is 0 Å². The van der Waals surface area contributed by atoms with Crippen LogP contribution < -0.4 is 5.32 Å². The van der Waals surface area contributed by atoms with E-state index in [0.717, 1.165) is 12.0 Å². The summed E-state index contributed by atoms with van der Waals surface area (Å²) in [7, 11) is 0. The zero-order valence-electron chi connectivity index (χ0n) is 9.47. The van der Waals surface area contributed by atoms with Gasteiger partial charge in [-0.1, -0.05) is 12.8 Å². The molecule has 1 N–H and O–H groups in total. The van der Waals surface area contributed by atoms with E-state index in [4.69, 9.17) is 0 Å². The molecule has 1 saturated carbocycles. The van der Waals surface area contributed by atoms with E-state index in [2.05, 4.69) is 17.1 Å². The standard InChI is InChI=1S/C12H24N2/c1-11-5-9-14(8-2-7-13-11)10-6-12-3-4-12/h11-13H,2-10H2,1H3. The molecule has 1 aliphatic carbocycles. The molecular weight excluding hydrogens is 172 g/mol. The Morgan fingerprint density at radius 2 is 2.07 bits per heavy atom. The Morgan fingerprint density at radius 1 is 1.21 bits per heavy atom. The number of nitrogens with zero attached hydrogens (tertiary/aromatic N) is 1. The Bertz CT molecular complexity index is 164. The van der Waals surface area contributed by atoms with Gasteiger partial charge >= 0.3 is 0 Å². The van der Waals surface area contributed by atoms with Crippen molar-refractivity contribution in [1.82, 2.24) is 10.2 Å². The predicted octanol–water partition coefficient (Wildman–Crippen LogP) is 1.86. The second-order valence-corrected chi connectivity index (χ2v) is 5.07. The van der Waals surface area contributed by atoms with Crippen LogP contribution in [0.1, 0.15) is 39.0 Å². The molecule has 0 radical (unpaired) electrons. The van der Waals surface area contributed by atoms with E-state index in [1.807, 2.05) is 0 Å². The van der Waals surface area contributed by atoms with Crippen molar-refractivity contribution in [3.05, 3.63) is 0 Å². The van der Waals surface area contributed by atoms with Crippen LogP contribution in [0, 0.1) is 5.92 Å². The van der Waals surface area contributed by atoms with Crippen LogP contribution in [0.5, 0.6) is 0 Å². The van der Waals surface area contributed by atoms with Gasteiger partial charge in [-0.25, -0.2) is 0 Å². The summed E-state index contributed by atoms with van der Waals surface area (Å²) in [6.07, 6.45) is 7.12. The smallest absolute Gasteiger partial charge is 0.00509 e. The maximum absolute atomic E-state index is 3.56. The molecular formula is C12H24N2. The van der Waals surface area contributed by atoms with Crippen LogP contribution in [0.2, 0.25) is 0 Å². The van der Waals surface area contributed by atoms with E-state index in [-0.39, 0.29) is 0 Å². The Balaban J connectivity index is 1.66. The lowest BCUT2D eigenvalue weighted by atomic mass is 10.1. The molecule has 1 unspecified atom stereocenters. The van der Waals surface area contributed by atoms with Crippen molar-refractivity contribution in [2.75, 3.05) is 26.2 Å². The van der Waals surface area contributed by atoms with Crippen LogP contribution in [0.25, 0.3) is 0 Å². The monoisotopic (exact) mass is 196 g/mol. The number of hydrogen-bond acceptors (Lipinski definition) is 2. The summed E-state index contributed by atoms with van der Waals surface area (Å²) in [6, 6.07) is 0.721. The van der Waals surface area contributed by atoms with Gasteiger partial charge in [0.25, 0.3) is 0 Å². The van der Waals surface area contributed by atoms with Gasteiger partial charge in [0.1, 0.15) is 0 Å². The molecule has 0 bridgehead atoms. The highest BCUT2D eigenvalue weighted by Gasteiger charge is 2.22. The van der Waals surface area contributed by atoms with Crippen LogP contribution in [0.4, 0.5) is 0 Å². The summed E-state index contributed by atoms with van der Waals surface area (Å²) >= 11 is 0. The molecule has 2 rings (SSSR count). The molecule has 1 atom stereocenters. The van der Waals surface area contributed by atoms with Gasteiger partial charge in [0.15, 0.2) is 0 Å². The highest BCUT2D eigenvalue weighted by molar-refractivity contribution is 4.76. The van der Waals surface area contributed by atoms with Crippen molar-refractivity contribution < 1.29 is 0 Å². The summed E-state index contributed by atoms with van der Waals surface area (Å²) in [5.74, 6) is 1.09. The largest absolute Gasteiger partial charge is 0.314 e. The van der Waals surface area contributed by atoms with E-state index in [1.165, 1.54) is 58.3 Å². The highest BCUT2D eigenvalue weighted by atomic mass is 15.1. The Kier molecular flexibility index (Phi) is 3.82. The van der Waals surface area contributed by atoms with Crippen molar-refractivity contribution in [1.29, 1.82) is 0 Å². The first-order chi connectivity index (χ1) is 6.84. The van der Waals surface area contributed by atoms with Crippen LogP contribution in [0.3, 0.4) is 0 Å². The van der Waals surface area contributed by atoms with Gasteiger partial charge in [0, 0.05) is 6.04 Å². The maximum atomic E-state index is 3.56. The molecule has 1 saturated heterocycles. The summed E-state index contributed by atoms with van der Waals surface area (Å²) in [5.41, 5.74) is 0. The molecule has 14 heavy (non-hydrogen) atoms. The second kappa shape index (κ2) is 5.13. The first-order valence-electron chi connectivity index (χ1n) is 6.30. The molecule has 0 aromatic rings. The average molecular weight is 196 g/mol. The molecule has 82 valence electrons. The third kappa shape index (κ3) is 3.58. The molecule has 0 spiro atoms. The predicted molar refractivity (Wildman–Crippen MR) is 60.5 cm³/mol. The van der Waals surface area contributed by atoms with Crippen molar-refractivity contribution in [2.24, 2.45) is 5.92 Å². The van der Waals surface area contributed by atoms with Crippen molar-refractivity contribution in [3.63, 3.8) is 0 Å². The molecule has 2 aliphatic rings.